The Morgan fingerprint density at radius 1 is 0.950 bits per heavy atom. The molecular formula is C16H24N2O2. The molecule has 0 fully saturated rings. The minimum Gasteiger partial charge on any atom is -0.351 e. The second-order valence-corrected chi connectivity index (χ2v) is 4.75. The van der Waals surface area contributed by atoms with Gasteiger partial charge in [-0.15, -0.1) is 0 Å². The number of aryl methyl sites for hydroxylation is 1. The average Bonchev–Trinajstić information content (AvgIpc) is 2.43. The number of primary amides is 1. The molecule has 0 bridgehead atoms. The van der Waals surface area contributed by atoms with Crippen molar-refractivity contribution in [2.75, 3.05) is 0 Å². The van der Waals surface area contributed by atoms with Crippen molar-refractivity contribution in [1.29, 1.82) is 0 Å². The van der Waals surface area contributed by atoms with Gasteiger partial charge in [-0.1, -0.05) is 27.7 Å². The van der Waals surface area contributed by atoms with Crippen LogP contribution in [0.2, 0.25) is 0 Å². The number of benzene rings is 1. The van der Waals surface area contributed by atoms with Crippen molar-refractivity contribution in [2.45, 2.75) is 53.4 Å². The summed E-state index contributed by atoms with van der Waals surface area (Å²) in [6, 6.07) is 1.10. The summed E-state index contributed by atoms with van der Waals surface area (Å²) in [4.78, 5) is 23.1. The highest BCUT2D eigenvalue weighted by molar-refractivity contribution is 6.05. The number of nitrogens with two attached hydrogens (primary N) is 1. The Hall–Kier alpha value is -1.84. The molecule has 0 heterocycles. The van der Waals surface area contributed by atoms with Crippen LogP contribution < -0.4 is 11.1 Å². The number of hydrogen-bond donors (Lipinski definition) is 2. The summed E-state index contributed by atoms with van der Waals surface area (Å²) in [5.41, 5.74) is 10.4. The van der Waals surface area contributed by atoms with E-state index in [9.17, 15) is 9.59 Å². The highest BCUT2D eigenvalue weighted by Gasteiger charge is 2.19. The van der Waals surface area contributed by atoms with Crippen molar-refractivity contribution in [3.05, 3.63) is 33.9 Å². The van der Waals surface area contributed by atoms with Crippen molar-refractivity contribution in [3.8, 4) is 0 Å². The number of hydrogen-bond acceptors (Lipinski definition) is 2. The number of imide groups is 1. The molecule has 110 valence electrons. The SMILES string of the molecule is CCc1cc(C(=O)NC(N)=O)c(CC)c(CC)c1CC. The van der Waals surface area contributed by atoms with Crippen molar-refractivity contribution in [3.63, 3.8) is 0 Å². The van der Waals surface area contributed by atoms with E-state index in [1.807, 2.05) is 13.0 Å². The fourth-order valence-corrected chi connectivity index (χ4v) is 2.86. The predicted octanol–water partition coefficient (Wildman–Crippen LogP) is 2.74. The van der Waals surface area contributed by atoms with Gasteiger partial charge in [-0.2, -0.15) is 0 Å². The lowest BCUT2D eigenvalue weighted by Crippen LogP contribution is -2.35. The first-order valence-corrected chi connectivity index (χ1v) is 7.27. The van der Waals surface area contributed by atoms with Crippen molar-refractivity contribution >= 4 is 11.9 Å². The first-order valence-electron chi connectivity index (χ1n) is 7.27. The van der Waals surface area contributed by atoms with Gasteiger partial charge in [0.05, 0.1) is 0 Å². The third-order valence-corrected chi connectivity index (χ3v) is 3.68. The molecule has 4 heteroatoms. The number of carbonyl (C=O) groups is 2. The maximum absolute atomic E-state index is 12.2. The molecule has 3 N–H and O–H groups in total. The van der Waals surface area contributed by atoms with E-state index < -0.39 is 11.9 Å². The lowest BCUT2D eigenvalue weighted by molar-refractivity contribution is 0.0965. The number of amides is 3. The molecule has 0 radical (unpaired) electrons. The first kappa shape index (κ1) is 16.2. The van der Waals surface area contributed by atoms with Gasteiger partial charge in [0.15, 0.2) is 0 Å². The number of carbonyl (C=O) groups excluding carboxylic acids is 2. The Kier molecular flexibility index (Phi) is 5.74. The summed E-state index contributed by atoms with van der Waals surface area (Å²) in [6.45, 7) is 8.34. The summed E-state index contributed by atoms with van der Waals surface area (Å²) in [7, 11) is 0. The van der Waals surface area contributed by atoms with Crippen LogP contribution in [0.4, 0.5) is 4.79 Å². The maximum Gasteiger partial charge on any atom is 0.319 e. The minimum absolute atomic E-state index is 0.401. The molecule has 3 amide bonds. The molecule has 0 saturated heterocycles. The summed E-state index contributed by atoms with van der Waals surface area (Å²) in [5.74, 6) is -0.401. The van der Waals surface area contributed by atoms with Gasteiger partial charge < -0.3 is 5.73 Å². The van der Waals surface area contributed by atoms with Crippen molar-refractivity contribution in [2.24, 2.45) is 5.73 Å². The molecule has 0 atom stereocenters. The molecule has 4 nitrogen and oxygen atoms in total. The molecule has 0 aliphatic heterocycles. The zero-order valence-electron chi connectivity index (χ0n) is 12.8. The van der Waals surface area contributed by atoms with Gasteiger partial charge in [0.25, 0.3) is 5.91 Å². The van der Waals surface area contributed by atoms with Gasteiger partial charge in [-0.3, -0.25) is 10.1 Å². The molecule has 0 spiro atoms. The maximum atomic E-state index is 12.2. The summed E-state index contributed by atoms with van der Waals surface area (Å²) in [6.07, 6.45) is 3.48. The first-order chi connectivity index (χ1) is 9.49. The Labute approximate surface area is 120 Å². The van der Waals surface area contributed by atoms with Crippen LogP contribution in [-0.4, -0.2) is 11.9 Å². The second-order valence-electron chi connectivity index (χ2n) is 4.75. The van der Waals surface area contributed by atoms with E-state index in [1.165, 1.54) is 16.7 Å². The van der Waals surface area contributed by atoms with Gasteiger partial charge in [-0.05, 0) is 54.0 Å². The Morgan fingerprint density at radius 3 is 1.90 bits per heavy atom. The van der Waals surface area contributed by atoms with E-state index in [0.29, 0.717) is 5.56 Å². The molecule has 20 heavy (non-hydrogen) atoms. The van der Waals surface area contributed by atoms with E-state index in [2.05, 4.69) is 26.1 Å². The van der Waals surface area contributed by atoms with Crippen LogP contribution in [0.1, 0.15) is 60.3 Å². The van der Waals surface area contributed by atoms with Crippen LogP contribution in [-0.2, 0) is 25.7 Å². The third kappa shape index (κ3) is 3.18. The topological polar surface area (TPSA) is 72.2 Å². The van der Waals surface area contributed by atoms with Crippen LogP contribution in [0.15, 0.2) is 6.07 Å². The van der Waals surface area contributed by atoms with E-state index in [-0.39, 0.29) is 0 Å². The highest BCUT2D eigenvalue weighted by atomic mass is 16.2. The fourth-order valence-electron chi connectivity index (χ4n) is 2.86. The van der Waals surface area contributed by atoms with Crippen LogP contribution in [0.25, 0.3) is 0 Å². The summed E-state index contributed by atoms with van der Waals surface area (Å²) < 4.78 is 0. The van der Waals surface area contributed by atoms with Gasteiger partial charge in [-0.25, -0.2) is 4.79 Å². The molecule has 0 saturated carbocycles. The highest BCUT2D eigenvalue weighted by Crippen LogP contribution is 2.26. The molecule has 1 rings (SSSR count). The fraction of sp³-hybridized carbons (Fsp3) is 0.500. The van der Waals surface area contributed by atoms with E-state index in [1.54, 1.807) is 0 Å². The lowest BCUT2D eigenvalue weighted by Gasteiger charge is -2.19. The molecule has 0 unspecified atom stereocenters. The molecule has 0 aromatic heterocycles. The van der Waals surface area contributed by atoms with E-state index >= 15 is 0 Å². The molecular weight excluding hydrogens is 252 g/mol. The Morgan fingerprint density at radius 2 is 1.50 bits per heavy atom. The average molecular weight is 276 g/mol. The summed E-state index contributed by atoms with van der Waals surface area (Å²) >= 11 is 0. The van der Waals surface area contributed by atoms with Crippen LogP contribution in [0.3, 0.4) is 0 Å². The van der Waals surface area contributed by atoms with Crippen LogP contribution >= 0.6 is 0 Å². The van der Waals surface area contributed by atoms with Gasteiger partial charge >= 0.3 is 6.03 Å². The molecule has 0 aliphatic carbocycles. The Balaban J connectivity index is 3.51. The predicted molar refractivity (Wildman–Crippen MR) is 81.0 cm³/mol. The van der Waals surface area contributed by atoms with Gasteiger partial charge in [0.1, 0.15) is 0 Å². The normalized spacial score (nSPS) is 10.4. The summed E-state index contributed by atoms with van der Waals surface area (Å²) in [5, 5.41) is 2.17. The number of urea groups is 1. The van der Waals surface area contributed by atoms with E-state index in [4.69, 9.17) is 5.73 Å². The Bertz CT molecular complexity index is 522. The largest absolute Gasteiger partial charge is 0.351 e. The van der Waals surface area contributed by atoms with Crippen molar-refractivity contribution < 1.29 is 9.59 Å². The lowest BCUT2D eigenvalue weighted by atomic mass is 9.86. The van der Waals surface area contributed by atoms with Crippen LogP contribution in [0, 0.1) is 0 Å². The third-order valence-electron chi connectivity index (χ3n) is 3.68. The standard InChI is InChI=1S/C16H24N2O2/c1-5-10-9-14(15(19)18-16(17)20)13(8-4)12(7-3)11(10)6-2/h9H,5-8H2,1-4H3,(H3,17,18,19,20). The smallest absolute Gasteiger partial charge is 0.319 e. The zero-order chi connectivity index (χ0) is 15.3. The van der Waals surface area contributed by atoms with Crippen LogP contribution in [0.5, 0.6) is 0 Å². The molecule has 1 aromatic rings. The molecule has 1 aromatic carbocycles. The number of rotatable bonds is 5. The number of nitrogens with one attached hydrogen (secondary N) is 1. The van der Waals surface area contributed by atoms with Crippen molar-refractivity contribution in [1.82, 2.24) is 5.32 Å². The minimum atomic E-state index is -0.812. The molecule has 0 aliphatic rings. The van der Waals surface area contributed by atoms with Gasteiger partial charge in [0.2, 0.25) is 0 Å². The second kappa shape index (κ2) is 7.08. The quantitative estimate of drug-likeness (QED) is 0.868. The monoisotopic (exact) mass is 276 g/mol. The zero-order valence-corrected chi connectivity index (χ0v) is 12.8. The van der Waals surface area contributed by atoms with E-state index in [0.717, 1.165) is 31.2 Å². The van der Waals surface area contributed by atoms with Gasteiger partial charge in [0, 0.05) is 5.56 Å².